The summed E-state index contributed by atoms with van der Waals surface area (Å²) in [6.45, 7) is 15.4. The Bertz CT molecular complexity index is 1160. The van der Waals surface area contributed by atoms with Crippen LogP contribution in [-0.2, 0) is 0 Å². The summed E-state index contributed by atoms with van der Waals surface area (Å²) in [6, 6.07) is 4.10. The van der Waals surface area contributed by atoms with Crippen LogP contribution < -0.4 is 26.7 Å². The van der Waals surface area contributed by atoms with E-state index in [1.54, 1.807) is 17.7 Å². The number of aromatic nitrogens is 2. The third kappa shape index (κ3) is 3.73. The van der Waals surface area contributed by atoms with Gasteiger partial charge in [-0.05, 0) is 50.8 Å². The number of anilines is 1. The zero-order valence-corrected chi connectivity index (χ0v) is 19.1. The standard InChI is InChI=1S/C23H32N6O3/c1-5-26(13-11-25-3)15(2)16-10-12-27(14-16)19-9-8-18-20(21(19)32-4)28(17-6-7-17)23(31)29(24)22(18)30/h8-9,15-17H,5-7,10-14,24H2,1-2,4H3. The van der Waals surface area contributed by atoms with Crippen LogP contribution >= 0.6 is 0 Å². The molecule has 2 unspecified atom stereocenters. The second kappa shape index (κ2) is 8.87. The van der Waals surface area contributed by atoms with Crippen molar-refractivity contribution in [3.8, 4) is 5.75 Å². The van der Waals surface area contributed by atoms with E-state index in [0.717, 1.165) is 51.1 Å². The van der Waals surface area contributed by atoms with Crippen LogP contribution in [-0.4, -0.2) is 60.0 Å². The van der Waals surface area contributed by atoms with Gasteiger partial charge in [0.15, 0.2) is 5.75 Å². The SMILES string of the molecule is [C-]#[N+]CCN(CC)C(C)C1CCN(c2ccc3c(=O)n(N)c(=O)n(C4CC4)c3c2OC)C1. The highest BCUT2D eigenvalue weighted by Crippen LogP contribution is 2.42. The molecule has 1 saturated heterocycles. The summed E-state index contributed by atoms with van der Waals surface area (Å²) in [5.74, 6) is 6.82. The first-order valence-electron chi connectivity index (χ1n) is 11.4. The highest BCUT2D eigenvalue weighted by atomic mass is 16.5. The molecular formula is C23H32N6O3. The molecule has 9 nitrogen and oxygen atoms in total. The van der Waals surface area contributed by atoms with Crippen LogP contribution in [0.25, 0.3) is 15.7 Å². The predicted octanol–water partition coefficient (Wildman–Crippen LogP) is 1.68. The Morgan fingerprint density at radius 3 is 2.69 bits per heavy atom. The Hall–Kier alpha value is -2.99. The zero-order chi connectivity index (χ0) is 23.0. The van der Waals surface area contributed by atoms with Crippen LogP contribution in [0.15, 0.2) is 21.7 Å². The fourth-order valence-electron chi connectivity index (χ4n) is 5.05. The summed E-state index contributed by atoms with van der Waals surface area (Å²) in [6.07, 6.45) is 2.82. The number of rotatable bonds is 8. The Kier molecular flexibility index (Phi) is 6.15. The fourth-order valence-corrected chi connectivity index (χ4v) is 5.05. The van der Waals surface area contributed by atoms with Gasteiger partial charge in [-0.1, -0.05) is 6.92 Å². The van der Waals surface area contributed by atoms with Gasteiger partial charge in [0.25, 0.3) is 5.56 Å². The largest absolute Gasteiger partial charge is 0.492 e. The van der Waals surface area contributed by atoms with E-state index in [1.165, 1.54) is 0 Å². The summed E-state index contributed by atoms with van der Waals surface area (Å²) in [5, 5.41) is 0.403. The summed E-state index contributed by atoms with van der Waals surface area (Å²) in [7, 11) is 1.59. The summed E-state index contributed by atoms with van der Waals surface area (Å²) < 4.78 is 8.16. The lowest BCUT2D eigenvalue weighted by molar-refractivity contribution is 0.177. The molecule has 0 bridgehead atoms. The molecule has 2 fully saturated rings. The minimum Gasteiger partial charge on any atom is -0.492 e. The Morgan fingerprint density at radius 1 is 1.31 bits per heavy atom. The van der Waals surface area contributed by atoms with Gasteiger partial charge in [-0.25, -0.2) is 11.4 Å². The van der Waals surface area contributed by atoms with Gasteiger partial charge in [-0.2, -0.15) is 4.68 Å². The molecule has 2 atom stereocenters. The number of methoxy groups -OCH3 is 1. The van der Waals surface area contributed by atoms with E-state index in [2.05, 4.69) is 28.5 Å². The molecule has 4 rings (SSSR count). The van der Waals surface area contributed by atoms with Gasteiger partial charge < -0.3 is 20.3 Å². The molecule has 0 amide bonds. The lowest BCUT2D eigenvalue weighted by Gasteiger charge is -2.31. The Morgan fingerprint density at radius 2 is 2.06 bits per heavy atom. The second-order valence-corrected chi connectivity index (χ2v) is 8.82. The average Bonchev–Trinajstić information content (AvgIpc) is 3.52. The summed E-state index contributed by atoms with van der Waals surface area (Å²) >= 11 is 0. The molecule has 2 heterocycles. The lowest BCUT2D eigenvalue weighted by Crippen LogP contribution is -2.44. The maximum atomic E-state index is 12.8. The van der Waals surface area contributed by atoms with Crippen LogP contribution in [0.2, 0.25) is 0 Å². The number of fused-ring (bicyclic) bond motifs is 1. The summed E-state index contributed by atoms with van der Waals surface area (Å²) in [5.41, 5.74) is 0.458. The van der Waals surface area contributed by atoms with Crippen LogP contribution in [0.3, 0.4) is 0 Å². The normalized spacial score (nSPS) is 19.5. The first-order chi connectivity index (χ1) is 15.4. The average molecular weight is 441 g/mol. The molecule has 1 aliphatic heterocycles. The Balaban J connectivity index is 1.71. The number of nitrogens with zero attached hydrogens (tertiary/aromatic N) is 5. The predicted molar refractivity (Wildman–Crippen MR) is 126 cm³/mol. The Labute approximate surface area is 187 Å². The smallest absolute Gasteiger partial charge is 0.350 e. The number of hydrogen-bond acceptors (Lipinski definition) is 6. The number of ether oxygens (including phenoxy) is 1. The minimum atomic E-state index is -0.502. The molecule has 0 spiro atoms. The van der Waals surface area contributed by atoms with Crippen LogP contribution in [0, 0.1) is 12.5 Å². The van der Waals surface area contributed by atoms with Crippen molar-refractivity contribution in [1.82, 2.24) is 14.1 Å². The van der Waals surface area contributed by atoms with Crippen molar-refractivity contribution in [2.45, 2.75) is 45.2 Å². The molecule has 2 aliphatic rings. The maximum absolute atomic E-state index is 12.8. The van der Waals surface area contributed by atoms with Gasteiger partial charge in [0.2, 0.25) is 6.54 Å². The van der Waals surface area contributed by atoms with Gasteiger partial charge in [0.1, 0.15) is 5.52 Å². The minimum absolute atomic E-state index is 0.0523. The van der Waals surface area contributed by atoms with E-state index < -0.39 is 11.2 Å². The van der Waals surface area contributed by atoms with Crippen molar-refractivity contribution >= 4 is 16.6 Å². The zero-order valence-electron chi connectivity index (χ0n) is 19.1. The molecule has 1 aromatic heterocycles. The maximum Gasteiger partial charge on any atom is 0.350 e. The number of benzene rings is 1. The highest BCUT2D eigenvalue weighted by molar-refractivity contribution is 5.90. The molecule has 0 radical (unpaired) electrons. The molecule has 1 aromatic carbocycles. The van der Waals surface area contributed by atoms with Gasteiger partial charge in [-0.15, -0.1) is 0 Å². The van der Waals surface area contributed by atoms with Crippen molar-refractivity contribution in [1.29, 1.82) is 0 Å². The van der Waals surface area contributed by atoms with E-state index in [-0.39, 0.29) is 6.04 Å². The van der Waals surface area contributed by atoms with Crippen molar-refractivity contribution in [2.24, 2.45) is 5.92 Å². The van der Waals surface area contributed by atoms with Crippen molar-refractivity contribution < 1.29 is 4.74 Å². The quantitative estimate of drug-likeness (QED) is 0.496. The molecule has 9 heteroatoms. The fraction of sp³-hybridized carbons (Fsp3) is 0.609. The van der Waals surface area contributed by atoms with Gasteiger partial charge >= 0.3 is 5.69 Å². The van der Waals surface area contributed by atoms with Crippen LogP contribution in [0.4, 0.5) is 5.69 Å². The number of nitrogens with two attached hydrogens (primary N) is 1. The first-order valence-corrected chi connectivity index (χ1v) is 11.4. The van der Waals surface area contributed by atoms with Crippen LogP contribution in [0.5, 0.6) is 5.75 Å². The molecule has 172 valence electrons. The van der Waals surface area contributed by atoms with E-state index in [9.17, 15) is 9.59 Å². The third-order valence-electron chi connectivity index (χ3n) is 7.06. The third-order valence-corrected chi connectivity index (χ3v) is 7.06. The molecule has 2 aromatic rings. The van der Waals surface area contributed by atoms with Crippen molar-refractivity contribution in [2.75, 3.05) is 50.6 Å². The van der Waals surface area contributed by atoms with Gasteiger partial charge in [0.05, 0.1) is 24.7 Å². The van der Waals surface area contributed by atoms with E-state index in [4.69, 9.17) is 17.2 Å². The second-order valence-electron chi connectivity index (χ2n) is 8.82. The van der Waals surface area contributed by atoms with E-state index in [1.807, 2.05) is 6.07 Å². The number of hydrogen-bond donors (Lipinski definition) is 1. The van der Waals surface area contributed by atoms with Gasteiger partial charge in [-0.3, -0.25) is 14.3 Å². The van der Waals surface area contributed by atoms with Gasteiger partial charge in [0, 0.05) is 25.2 Å². The van der Waals surface area contributed by atoms with Crippen molar-refractivity contribution in [3.63, 3.8) is 0 Å². The summed E-state index contributed by atoms with van der Waals surface area (Å²) in [4.78, 5) is 33.7. The topological polar surface area (TPSA) is 90.1 Å². The first kappa shape index (κ1) is 22.2. The highest BCUT2D eigenvalue weighted by Gasteiger charge is 2.34. The lowest BCUT2D eigenvalue weighted by atomic mass is 9.99. The molecule has 1 saturated carbocycles. The molecule has 2 N–H and O–H groups in total. The van der Waals surface area contributed by atoms with Crippen LogP contribution in [0.1, 0.15) is 39.2 Å². The monoisotopic (exact) mass is 440 g/mol. The van der Waals surface area contributed by atoms with E-state index in [0.29, 0.717) is 39.8 Å². The van der Waals surface area contributed by atoms with Crippen molar-refractivity contribution in [3.05, 3.63) is 44.4 Å². The molecule has 1 aliphatic carbocycles. The molecule has 32 heavy (non-hydrogen) atoms. The molecular weight excluding hydrogens is 408 g/mol. The number of likely N-dealkylation sites (N-methyl/N-ethyl adjacent to an activating group) is 1. The number of nitrogen functional groups attached to an aromatic ring is 1. The van der Waals surface area contributed by atoms with E-state index >= 15 is 0 Å².